The Bertz CT molecular complexity index is 249. The SMILES string of the molecule is O=C(O)C(CN1CCC(O)CC1)C(F)(F)F. The summed E-state index contributed by atoms with van der Waals surface area (Å²) in [5.74, 6) is -4.19. The molecule has 4 nitrogen and oxygen atoms in total. The molecule has 0 amide bonds. The Balaban J connectivity index is 2.53. The molecule has 94 valence electrons. The molecule has 1 unspecified atom stereocenters. The zero-order valence-corrected chi connectivity index (χ0v) is 8.57. The van der Waals surface area contributed by atoms with Crippen molar-refractivity contribution in [3.8, 4) is 0 Å². The minimum Gasteiger partial charge on any atom is -0.481 e. The minimum absolute atomic E-state index is 0.307. The third-order valence-corrected chi connectivity index (χ3v) is 2.69. The van der Waals surface area contributed by atoms with Gasteiger partial charge in [-0.2, -0.15) is 13.2 Å². The fourth-order valence-corrected chi connectivity index (χ4v) is 1.68. The van der Waals surface area contributed by atoms with Gasteiger partial charge in [0.25, 0.3) is 0 Å². The maximum Gasteiger partial charge on any atom is 0.403 e. The Labute approximate surface area is 90.7 Å². The fourth-order valence-electron chi connectivity index (χ4n) is 1.68. The number of aliphatic hydroxyl groups excluding tert-OH is 1. The van der Waals surface area contributed by atoms with Crippen LogP contribution in [0.3, 0.4) is 0 Å². The molecule has 0 radical (unpaired) electrons. The molecule has 0 spiro atoms. The van der Waals surface area contributed by atoms with E-state index in [4.69, 9.17) is 10.2 Å². The van der Waals surface area contributed by atoms with Crippen molar-refractivity contribution in [2.75, 3.05) is 19.6 Å². The predicted octanol–water partition coefficient (Wildman–Crippen LogP) is 0.706. The second-order valence-electron chi connectivity index (χ2n) is 3.96. The van der Waals surface area contributed by atoms with Crippen molar-refractivity contribution >= 4 is 5.97 Å². The van der Waals surface area contributed by atoms with E-state index in [1.54, 1.807) is 0 Å². The van der Waals surface area contributed by atoms with Gasteiger partial charge >= 0.3 is 12.1 Å². The molecule has 0 bridgehead atoms. The van der Waals surface area contributed by atoms with Crippen molar-refractivity contribution in [2.24, 2.45) is 5.92 Å². The highest BCUT2D eigenvalue weighted by atomic mass is 19.4. The van der Waals surface area contributed by atoms with E-state index in [1.165, 1.54) is 4.90 Å². The Morgan fingerprint density at radius 2 is 1.88 bits per heavy atom. The molecular formula is C9H14F3NO3. The summed E-state index contributed by atoms with van der Waals surface area (Å²) < 4.78 is 37.0. The molecule has 7 heteroatoms. The van der Waals surface area contributed by atoms with Crippen LogP contribution in [-0.2, 0) is 4.79 Å². The van der Waals surface area contributed by atoms with E-state index in [1.807, 2.05) is 0 Å². The highest BCUT2D eigenvalue weighted by molar-refractivity contribution is 5.71. The number of alkyl halides is 3. The van der Waals surface area contributed by atoms with Crippen LogP contribution >= 0.6 is 0 Å². The van der Waals surface area contributed by atoms with Crippen molar-refractivity contribution < 1.29 is 28.2 Å². The molecule has 1 saturated heterocycles. The highest BCUT2D eigenvalue weighted by Crippen LogP contribution is 2.28. The van der Waals surface area contributed by atoms with Gasteiger partial charge in [0.2, 0.25) is 0 Å². The molecule has 1 aliphatic heterocycles. The molecule has 0 saturated carbocycles. The molecule has 0 aromatic rings. The van der Waals surface area contributed by atoms with Crippen LogP contribution in [0.25, 0.3) is 0 Å². The van der Waals surface area contributed by atoms with Crippen molar-refractivity contribution in [1.82, 2.24) is 4.90 Å². The molecule has 1 aliphatic rings. The number of carbonyl (C=O) groups is 1. The lowest BCUT2D eigenvalue weighted by Crippen LogP contribution is -2.45. The average molecular weight is 241 g/mol. The Hall–Kier alpha value is -0.820. The topological polar surface area (TPSA) is 60.8 Å². The molecule has 16 heavy (non-hydrogen) atoms. The van der Waals surface area contributed by atoms with Gasteiger partial charge in [0.15, 0.2) is 5.92 Å². The minimum atomic E-state index is -4.72. The van der Waals surface area contributed by atoms with E-state index in [0.29, 0.717) is 25.9 Å². The predicted molar refractivity (Wildman–Crippen MR) is 48.9 cm³/mol. The molecule has 0 aliphatic carbocycles. The average Bonchev–Trinajstić information content (AvgIpc) is 2.14. The number of hydrogen-bond donors (Lipinski definition) is 2. The van der Waals surface area contributed by atoms with Gasteiger partial charge < -0.3 is 15.1 Å². The van der Waals surface area contributed by atoms with Crippen molar-refractivity contribution in [3.05, 3.63) is 0 Å². The summed E-state index contributed by atoms with van der Waals surface area (Å²) in [6, 6.07) is 0. The summed E-state index contributed by atoms with van der Waals surface area (Å²) in [7, 11) is 0. The monoisotopic (exact) mass is 241 g/mol. The van der Waals surface area contributed by atoms with E-state index in [9.17, 15) is 18.0 Å². The van der Waals surface area contributed by atoms with Crippen LogP contribution in [0.2, 0.25) is 0 Å². The standard InChI is InChI=1S/C9H14F3NO3/c10-9(11,12)7(8(15)16)5-13-3-1-6(14)2-4-13/h6-7,14H,1-5H2,(H,15,16). The zero-order chi connectivity index (χ0) is 12.3. The lowest BCUT2D eigenvalue weighted by molar-refractivity contribution is -0.197. The molecule has 0 aromatic carbocycles. The van der Waals surface area contributed by atoms with Crippen LogP contribution in [0.4, 0.5) is 13.2 Å². The number of carboxylic acids is 1. The summed E-state index contributed by atoms with van der Waals surface area (Å²) in [6.07, 6.45) is -4.42. The van der Waals surface area contributed by atoms with Crippen LogP contribution < -0.4 is 0 Å². The van der Waals surface area contributed by atoms with Gasteiger partial charge in [-0.25, -0.2) is 0 Å². The highest BCUT2D eigenvalue weighted by Gasteiger charge is 2.46. The van der Waals surface area contributed by atoms with E-state index in [-0.39, 0.29) is 0 Å². The maximum atomic E-state index is 12.3. The molecule has 1 rings (SSSR count). The lowest BCUT2D eigenvalue weighted by atomic mass is 10.0. The first kappa shape index (κ1) is 13.2. The number of hydrogen-bond acceptors (Lipinski definition) is 3. The number of aliphatic hydroxyl groups is 1. The number of halogens is 3. The van der Waals surface area contributed by atoms with Crippen molar-refractivity contribution in [2.45, 2.75) is 25.1 Å². The van der Waals surface area contributed by atoms with E-state index >= 15 is 0 Å². The summed E-state index contributed by atoms with van der Waals surface area (Å²) in [4.78, 5) is 11.9. The summed E-state index contributed by atoms with van der Waals surface area (Å²) in [5, 5.41) is 17.7. The smallest absolute Gasteiger partial charge is 0.403 e. The summed E-state index contributed by atoms with van der Waals surface area (Å²) in [6.45, 7) is 0.0770. The Morgan fingerprint density at radius 3 is 2.25 bits per heavy atom. The maximum absolute atomic E-state index is 12.3. The van der Waals surface area contributed by atoms with Gasteiger partial charge in [0.05, 0.1) is 6.10 Å². The number of nitrogens with zero attached hydrogens (tertiary/aromatic N) is 1. The summed E-state index contributed by atoms with van der Waals surface area (Å²) in [5.41, 5.74) is 0. The molecule has 1 heterocycles. The molecule has 2 N–H and O–H groups in total. The van der Waals surface area contributed by atoms with E-state index in [0.717, 1.165) is 0 Å². The number of aliphatic carboxylic acids is 1. The van der Waals surface area contributed by atoms with Crippen LogP contribution in [0, 0.1) is 5.92 Å². The fraction of sp³-hybridized carbons (Fsp3) is 0.889. The first-order valence-corrected chi connectivity index (χ1v) is 5.00. The third-order valence-electron chi connectivity index (χ3n) is 2.69. The second-order valence-corrected chi connectivity index (χ2v) is 3.96. The zero-order valence-electron chi connectivity index (χ0n) is 8.57. The quantitative estimate of drug-likeness (QED) is 0.763. The first-order chi connectivity index (χ1) is 7.30. The number of rotatable bonds is 3. The number of likely N-dealkylation sites (tertiary alicyclic amines) is 1. The Kier molecular flexibility index (Phi) is 4.15. The van der Waals surface area contributed by atoms with E-state index in [2.05, 4.69) is 0 Å². The van der Waals surface area contributed by atoms with Crippen LogP contribution in [0.15, 0.2) is 0 Å². The van der Waals surface area contributed by atoms with Gasteiger partial charge in [-0.15, -0.1) is 0 Å². The van der Waals surface area contributed by atoms with Gasteiger partial charge in [-0.3, -0.25) is 4.79 Å². The van der Waals surface area contributed by atoms with Crippen molar-refractivity contribution in [3.63, 3.8) is 0 Å². The largest absolute Gasteiger partial charge is 0.481 e. The first-order valence-electron chi connectivity index (χ1n) is 5.00. The molecular weight excluding hydrogens is 227 g/mol. The summed E-state index contributed by atoms with van der Waals surface area (Å²) >= 11 is 0. The van der Waals surface area contributed by atoms with Gasteiger partial charge in [-0.05, 0) is 12.8 Å². The number of carboxylic acid groups (broad SMARTS) is 1. The molecule has 1 atom stereocenters. The van der Waals surface area contributed by atoms with Gasteiger partial charge in [0.1, 0.15) is 0 Å². The second kappa shape index (κ2) is 5.01. The lowest BCUT2D eigenvalue weighted by Gasteiger charge is -2.31. The van der Waals surface area contributed by atoms with Gasteiger partial charge in [-0.1, -0.05) is 0 Å². The van der Waals surface area contributed by atoms with Crippen LogP contribution in [0.5, 0.6) is 0 Å². The normalized spacial score (nSPS) is 22.0. The van der Waals surface area contributed by atoms with Crippen LogP contribution in [-0.4, -0.2) is 53.0 Å². The third kappa shape index (κ3) is 3.64. The van der Waals surface area contributed by atoms with Crippen LogP contribution in [0.1, 0.15) is 12.8 Å². The Morgan fingerprint density at radius 1 is 1.38 bits per heavy atom. The van der Waals surface area contributed by atoms with Crippen molar-refractivity contribution in [1.29, 1.82) is 0 Å². The van der Waals surface area contributed by atoms with Gasteiger partial charge in [0, 0.05) is 19.6 Å². The molecule has 1 fully saturated rings. The number of piperidine rings is 1. The molecule has 0 aromatic heterocycles. The van der Waals surface area contributed by atoms with E-state index < -0.39 is 30.7 Å².